The first-order chi connectivity index (χ1) is 8.65. The van der Waals surface area contributed by atoms with Gasteiger partial charge in [0.2, 0.25) is 11.8 Å². The van der Waals surface area contributed by atoms with Crippen molar-refractivity contribution in [3.63, 3.8) is 0 Å². The van der Waals surface area contributed by atoms with E-state index in [9.17, 15) is 9.59 Å². The van der Waals surface area contributed by atoms with Crippen LogP contribution in [-0.4, -0.2) is 26.4 Å². The predicted molar refractivity (Wildman–Crippen MR) is 65.8 cm³/mol. The Hall–Kier alpha value is -1.76. The average Bonchev–Trinajstić information content (AvgIpc) is 2.77. The fraction of sp³-hybridized carbons (Fsp3) is 0.273. The van der Waals surface area contributed by atoms with Crippen molar-refractivity contribution >= 4 is 33.4 Å². The summed E-state index contributed by atoms with van der Waals surface area (Å²) < 4.78 is 2.56. The number of amides is 2. The molecule has 3 rings (SSSR count). The van der Waals surface area contributed by atoms with Crippen molar-refractivity contribution in [1.82, 2.24) is 19.9 Å². The third-order valence-electron chi connectivity index (χ3n) is 3.03. The van der Waals surface area contributed by atoms with Gasteiger partial charge in [-0.1, -0.05) is 0 Å². The minimum absolute atomic E-state index is 0.209. The maximum absolute atomic E-state index is 11.8. The van der Waals surface area contributed by atoms with Crippen LogP contribution in [0.2, 0.25) is 0 Å². The van der Waals surface area contributed by atoms with E-state index in [4.69, 9.17) is 0 Å². The summed E-state index contributed by atoms with van der Waals surface area (Å²) in [7, 11) is 0. The number of piperidine rings is 1. The first kappa shape index (κ1) is 11.3. The van der Waals surface area contributed by atoms with Crippen molar-refractivity contribution in [3.8, 4) is 0 Å². The van der Waals surface area contributed by atoms with E-state index in [1.807, 2.05) is 12.1 Å². The number of halogens is 1. The van der Waals surface area contributed by atoms with Gasteiger partial charge in [0.25, 0.3) is 0 Å². The molecular formula is C11H9BrN4O2. The first-order valence-electron chi connectivity index (χ1n) is 5.48. The highest BCUT2D eigenvalue weighted by Crippen LogP contribution is 2.27. The van der Waals surface area contributed by atoms with Crippen molar-refractivity contribution in [3.05, 3.63) is 28.6 Å². The van der Waals surface area contributed by atoms with Crippen LogP contribution >= 0.6 is 15.9 Å². The van der Waals surface area contributed by atoms with Gasteiger partial charge in [-0.2, -0.15) is 0 Å². The Bertz CT molecular complexity index is 652. The number of carbonyl (C=O) groups excluding carboxylic acids is 2. The van der Waals surface area contributed by atoms with E-state index in [-0.39, 0.29) is 17.7 Å². The number of nitrogens with zero attached hydrogens (tertiary/aromatic N) is 3. The van der Waals surface area contributed by atoms with Gasteiger partial charge in [0, 0.05) is 6.42 Å². The molecule has 0 aromatic carbocycles. The van der Waals surface area contributed by atoms with Gasteiger partial charge in [-0.25, -0.2) is 0 Å². The Balaban J connectivity index is 2.03. The zero-order chi connectivity index (χ0) is 12.7. The number of rotatable bonds is 1. The Morgan fingerprint density at radius 3 is 3.00 bits per heavy atom. The number of aromatic nitrogens is 3. The summed E-state index contributed by atoms with van der Waals surface area (Å²) >= 11 is 3.41. The normalized spacial score (nSPS) is 20.2. The van der Waals surface area contributed by atoms with Crippen LogP contribution in [0.25, 0.3) is 5.65 Å². The quantitative estimate of drug-likeness (QED) is 0.630. The van der Waals surface area contributed by atoms with Crippen LogP contribution in [0.1, 0.15) is 24.3 Å². The van der Waals surface area contributed by atoms with Gasteiger partial charge < -0.3 is 0 Å². The van der Waals surface area contributed by atoms with Gasteiger partial charge in [0.05, 0.1) is 10.5 Å². The number of nitrogens with one attached hydrogen (secondary N) is 1. The highest BCUT2D eigenvalue weighted by atomic mass is 79.9. The third kappa shape index (κ3) is 1.80. The van der Waals surface area contributed by atoms with Crippen LogP contribution < -0.4 is 5.32 Å². The molecule has 2 aromatic rings. The Labute approximate surface area is 111 Å². The molecule has 1 atom stereocenters. The maximum Gasteiger partial charge on any atom is 0.234 e. The van der Waals surface area contributed by atoms with Crippen LogP contribution in [0.3, 0.4) is 0 Å². The van der Waals surface area contributed by atoms with Crippen molar-refractivity contribution in [2.45, 2.75) is 18.8 Å². The molecule has 2 aromatic heterocycles. The largest absolute Gasteiger partial charge is 0.296 e. The van der Waals surface area contributed by atoms with Crippen LogP contribution in [0.5, 0.6) is 0 Å². The van der Waals surface area contributed by atoms with E-state index < -0.39 is 0 Å². The Kier molecular flexibility index (Phi) is 2.62. The third-order valence-corrected chi connectivity index (χ3v) is 3.64. The number of fused-ring (bicyclic) bond motifs is 1. The van der Waals surface area contributed by atoms with E-state index in [0.717, 1.165) is 10.2 Å². The molecule has 0 aliphatic carbocycles. The van der Waals surface area contributed by atoms with E-state index >= 15 is 0 Å². The minimum atomic E-state index is -0.305. The molecule has 1 saturated heterocycles. The smallest absolute Gasteiger partial charge is 0.234 e. The Morgan fingerprint density at radius 2 is 2.22 bits per heavy atom. The summed E-state index contributed by atoms with van der Waals surface area (Å²) in [6, 6.07) is 3.67. The van der Waals surface area contributed by atoms with Crippen molar-refractivity contribution in [1.29, 1.82) is 0 Å². The van der Waals surface area contributed by atoms with Gasteiger partial charge in [0.15, 0.2) is 5.65 Å². The van der Waals surface area contributed by atoms with E-state index in [1.165, 1.54) is 0 Å². The lowest BCUT2D eigenvalue weighted by Crippen LogP contribution is -2.39. The number of pyridine rings is 1. The summed E-state index contributed by atoms with van der Waals surface area (Å²) in [5, 5.41) is 10.1. The predicted octanol–water partition coefficient (Wildman–Crippen LogP) is 1.01. The van der Waals surface area contributed by atoms with Crippen LogP contribution in [-0.2, 0) is 9.59 Å². The van der Waals surface area contributed by atoms with Crippen molar-refractivity contribution < 1.29 is 9.59 Å². The van der Waals surface area contributed by atoms with Crippen LogP contribution in [0.4, 0.5) is 0 Å². The fourth-order valence-electron chi connectivity index (χ4n) is 2.12. The second-order valence-electron chi connectivity index (χ2n) is 4.17. The van der Waals surface area contributed by atoms with Gasteiger partial charge in [0.1, 0.15) is 6.33 Å². The summed E-state index contributed by atoms with van der Waals surface area (Å²) in [6.07, 6.45) is 2.49. The lowest BCUT2D eigenvalue weighted by molar-refractivity contribution is -0.134. The van der Waals surface area contributed by atoms with Gasteiger partial charge in [-0.3, -0.25) is 19.3 Å². The van der Waals surface area contributed by atoms with Gasteiger partial charge in [-0.15, -0.1) is 10.2 Å². The molecule has 2 amide bonds. The molecule has 1 fully saturated rings. The molecule has 7 heteroatoms. The molecule has 1 N–H and O–H groups in total. The fourth-order valence-corrected chi connectivity index (χ4v) is 2.66. The number of imide groups is 1. The lowest BCUT2D eigenvalue weighted by Gasteiger charge is -2.21. The zero-order valence-electron chi connectivity index (χ0n) is 9.26. The van der Waals surface area contributed by atoms with Gasteiger partial charge >= 0.3 is 0 Å². The number of hydrogen-bond acceptors (Lipinski definition) is 4. The molecule has 1 aliphatic rings. The molecule has 92 valence electrons. The molecule has 3 heterocycles. The molecule has 0 spiro atoms. The molecule has 6 nitrogen and oxygen atoms in total. The van der Waals surface area contributed by atoms with Crippen LogP contribution in [0.15, 0.2) is 23.1 Å². The Morgan fingerprint density at radius 1 is 1.39 bits per heavy atom. The summed E-state index contributed by atoms with van der Waals surface area (Å²) in [5.74, 6) is -0.762. The summed E-state index contributed by atoms with van der Waals surface area (Å²) in [5.41, 5.74) is 1.51. The van der Waals surface area contributed by atoms with E-state index in [0.29, 0.717) is 18.5 Å². The van der Waals surface area contributed by atoms with Crippen LogP contribution in [0, 0.1) is 0 Å². The topological polar surface area (TPSA) is 76.4 Å². The monoisotopic (exact) mass is 308 g/mol. The average molecular weight is 309 g/mol. The maximum atomic E-state index is 11.8. The highest BCUT2D eigenvalue weighted by molar-refractivity contribution is 9.10. The summed E-state index contributed by atoms with van der Waals surface area (Å²) in [6.45, 7) is 0. The number of hydrogen-bond donors (Lipinski definition) is 1. The second kappa shape index (κ2) is 4.16. The molecule has 0 bridgehead atoms. The first-order valence-corrected chi connectivity index (χ1v) is 6.27. The second-order valence-corrected chi connectivity index (χ2v) is 4.99. The number of carbonyl (C=O) groups is 2. The molecule has 1 aliphatic heterocycles. The lowest BCUT2D eigenvalue weighted by atomic mass is 9.91. The molecule has 0 radical (unpaired) electrons. The van der Waals surface area contributed by atoms with Crippen molar-refractivity contribution in [2.75, 3.05) is 0 Å². The molecule has 18 heavy (non-hydrogen) atoms. The van der Waals surface area contributed by atoms with Crippen molar-refractivity contribution in [2.24, 2.45) is 0 Å². The highest BCUT2D eigenvalue weighted by Gasteiger charge is 2.28. The zero-order valence-corrected chi connectivity index (χ0v) is 10.8. The molecule has 0 saturated carbocycles. The van der Waals surface area contributed by atoms with Gasteiger partial charge in [-0.05, 0) is 40.0 Å². The molecular weight excluding hydrogens is 300 g/mol. The minimum Gasteiger partial charge on any atom is -0.296 e. The van der Waals surface area contributed by atoms with E-state index in [2.05, 4.69) is 31.4 Å². The SMILES string of the molecule is O=C1CCC(c2cc(Br)n3cnnc3c2)C(=O)N1. The summed E-state index contributed by atoms with van der Waals surface area (Å²) in [4.78, 5) is 22.9. The molecule has 1 unspecified atom stereocenters. The van der Waals surface area contributed by atoms with E-state index in [1.54, 1.807) is 10.7 Å². The standard InChI is InChI=1S/C11H9BrN4O2/c12-8-3-6(4-9-15-13-5-16(8)9)7-1-2-10(17)14-11(7)18/h3-5,7H,1-2H2,(H,14,17,18).